The fourth-order valence-corrected chi connectivity index (χ4v) is 4.50. The van der Waals surface area contributed by atoms with Crippen LogP contribution in [-0.2, 0) is 19.6 Å². The van der Waals surface area contributed by atoms with Gasteiger partial charge >= 0.3 is 5.97 Å². The van der Waals surface area contributed by atoms with Crippen LogP contribution >= 0.6 is 23.2 Å². The number of nitrogens with one attached hydrogen (secondary N) is 1. The van der Waals surface area contributed by atoms with E-state index >= 15 is 0 Å². The summed E-state index contributed by atoms with van der Waals surface area (Å²) in [5, 5.41) is 9.70. The van der Waals surface area contributed by atoms with Crippen molar-refractivity contribution in [3.63, 3.8) is 0 Å². The first kappa shape index (κ1) is 23.8. The van der Waals surface area contributed by atoms with Crippen LogP contribution in [0.3, 0.4) is 0 Å². The molecule has 2 aromatic rings. The third-order valence-electron chi connectivity index (χ3n) is 4.80. The van der Waals surface area contributed by atoms with Crippen LogP contribution in [0.2, 0.25) is 10.0 Å². The first-order valence-electron chi connectivity index (χ1n) is 9.43. The van der Waals surface area contributed by atoms with Gasteiger partial charge in [-0.25, -0.2) is 22.9 Å². The average Bonchev–Trinajstić information content (AvgIpc) is 2.68. The van der Waals surface area contributed by atoms with Gasteiger partial charge in [-0.1, -0.05) is 23.2 Å². The van der Waals surface area contributed by atoms with E-state index in [9.17, 15) is 23.3 Å². The average molecular weight is 497 g/mol. The molecule has 1 fully saturated rings. The van der Waals surface area contributed by atoms with E-state index in [4.69, 9.17) is 27.9 Å². The number of rotatable bonds is 6. The molecule has 1 aromatic carbocycles. The monoisotopic (exact) mass is 496 g/mol. The third kappa shape index (κ3) is 4.80. The molecule has 1 saturated heterocycles. The molecule has 0 aliphatic carbocycles. The maximum Gasteiger partial charge on any atom is 0.340 e. The normalized spacial score (nSPS) is 13.8. The van der Waals surface area contributed by atoms with Crippen molar-refractivity contribution < 1.29 is 22.7 Å². The number of hydrogen-bond donors (Lipinski definition) is 1. The number of halogens is 2. The number of aromatic nitrogens is 1. The number of pyridine rings is 1. The SMILES string of the molecule is CCOC(=O)c1cc(C#N)c(N2CC(C(=O)NS(=O)(=O)c3ccc(Cl)c(Cl)c3)C2)nc1C. The number of esters is 1. The lowest BCUT2D eigenvalue weighted by Crippen LogP contribution is -2.55. The molecule has 12 heteroatoms. The minimum Gasteiger partial charge on any atom is -0.462 e. The Morgan fingerprint density at radius 2 is 1.97 bits per heavy atom. The number of hydrogen-bond acceptors (Lipinski definition) is 8. The van der Waals surface area contributed by atoms with Gasteiger partial charge in [0, 0.05) is 13.1 Å². The van der Waals surface area contributed by atoms with E-state index in [0.717, 1.165) is 6.07 Å². The zero-order valence-corrected chi connectivity index (χ0v) is 19.4. The molecule has 0 unspecified atom stereocenters. The Bertz CT molecular complexity index is 1240. The number of carbonyl (C=O) groups excluding carboxylic acids is 2. The number of benzene rings is 1. The smallest absolute Gasteiger partial charge is 0.340 e. The molecular formula is C20H18Cl2N4O5S. The van der Waals surface area contributed by atoms with Crippen molar-refractivity contribution in [1.29, 1.82) is 5.26 Å². The van der Waals surface area contributed by atoms with Gasteiger partial charge in [-0.15, -0.1) is 0 Å². The molecule has 2 heterocycles. The summed E-state index contributed by atoms with van der Waals surface area (Å²) in [7, 11) is -4.12. The molecule has 168 valence electrons. The molecule has 9 nitrogen and oxygen atoms in total. The van der Waals surface area contributed by atoms with Crippen molar-refractivity contribution >= 4 is 50.9 Å². The van der Waals surface area contributed by atoms with Gasteiger partial charge in [0.15, 0.2) is 0 Å². The van der Waals surface area contributed by atoms with Crippen molar-refractivity contribution in [3.8, 4) is 6.07 Å². The van der Waals surface area contributed by atoms with Gasteiger partial charge in [0.05, 0.1) is 44.3 Å². The summed E-state index contributed by atoms with van der Waals surface area (Å²) in [5.41, 5.74) is 0.725. The Hall–Kier alpha value is -2.87. The van der Waals surface area contributed by atoms with E-state index in [1.54, 1.807) is 18.7 Å². The summed E-state index contributed by atoms with van der Waals surface area (Å²) in [5.74, 6) is -1.58. The quantitative estimate of drug-likeness (QED) is 0.604. The highest BCUT2D eigenvalue weighted by molar-refractivity contribution is 7.90. The predicted molar refractivity (Wildman–Crippen MR) is 117 cm³/mol. The zero-order valence-electron chi connectivity index (χ0n) is 17.1. The van der Waals surface area contributed by atoms with Crippen molar-refractivity contribution in [3.05, 3.63) is 51.1 Å². The lowest BCUT2D eigenvalue weighted by Gasteiger charge is -2.39. The van der Waals surface area contributed by atoms with E-state index in [-0.39, 0.29) is 45.8 Å². The molecule has 1 N–H and O–H groups in total. The molecule has 32 heavy (non-hydrogen) atoms. The Kier molecular flexibility index (Phi) is 6.93. The Morgan fingerprint density at radius 1 is 1.28 bits per heavy atom. The summed E-state index contributed by atoms with van der Waals surface area (Å²) >= 11 is 11.7. The first-order chi connectivity index (χ1) is 15.1. The largest absolute Gasteiger partial charge is 0.462 e. The second kappa shape index (κ2) is 9.32. The standard InChI is InChI=1S/C20H18Cl2N4O5S/c1-3-31-20(28)15-6-12(8-23)18(24-11(15)2)26-9-13(10-26)19(27)25-32(29,30)14-4-5-16(21)17(22)7-14/h4-7,13H,3,9-10H2,1-2H3,(H,25,27). The minimum atomic E-state index is -4.12. The molecular weight excluding hydrogens is 479 g/mol. The highest BCUT2D eigenvalue weighted by Crippen LogP contribution is 2.29. The van der Waals surface area contributed by atoms with E-state index in [2.05, 4.69) is 4.98 Å². The molecule has 0 spiro atoms. The lowest BCUT2D eigenvalue weighted by molar-refractivity contribution is -0.123. The summed E-state index contributed by atoms with van der Waals surface area (Å²) < 4.78 is 31.9. The maximum absolute atomic E-state index is 12.5. The number of amides is 1. The van der Waals surface area contributed by atoms with E-state index in [0.29, 0.717) is 11.5 Å². The number of sulfonamides is 1. The van der Waals surface area contributed by atoms with Crippen molar-refractivity contribution in [2.24, 2.45) is 5.92 Å². The molecule has 0 atom stereocenters. The van der Waals surface area contributed by atoms with Crippen LogP contribution in [0, 0.1) is 24.2 Å². The number of carbonyl (C=O) groups is 2. The second-order valence-corrected chi connectivity index (χ2v) is 9.47. The lowest BCUT2D eigenvalue weighted by atomic mass is 9.98. The molecule has 1 amide bonds. The predicted octanol–water partition coefficient (Wildman–Crippen LogP) is 2.69. The Morgan fingerprint density at radius 3 is 2.56 bits per heavy atom. The van der Waals surface area contributed by atoms with Crippen LogP contribution in [0.4, 0.5) is 5.82 Å². The van der Waals surface area contributed by atoms with Crippen LogP contribution < -0.4 is 9.62 Å². The Balaban J connectivity index is 1.71. The number of ether oxygens (including phenoxy) is 1. The minimum absolute atomic E-state index is 0.0496. The maximum atomic E-state index is 12.5. The van der Waals surface area contributed by atoms with Gasteiger partial charge < -0.3 is 9.64 Å². The van der Waals surface area contributed by atoms with Crippen molar-refractivity contribution in [2.75, 3.05) is 24.6 Å². The van der Waals surface area contributed by atoms with Crippen LogP contribution in [0.5, 0.6) is 0 Å². The Labute approximate surface area is 194 Å². The molecule has 1 aliphatic rings. The van der Waals surface area contributed by atoms with E-state index < -0.39 is 27.8 Å². The molecule has 1 aromatic heterocycles. The van der Waals surface area contributed by atoms with Crippen molar-refractivity contribution in [2.45, 2.75) is 18.7 Å². The van der Waals surface area contributed by atoms with Gasteiger partial charge in [-0.05, 0) is 38.1 Å². The van der Waals surface area contributed by atoms with Crippen LogP contribution in [0.25, 0.3) is 0 Å². The molecule has 1 aliphatic heterocycles. The summed E-state index contributed by atoms with van der Waals surface area (Å²) in [6.07, 6.45) is 0. The van der Waals surface area contributed by atoms with Gasteiger partial charge in [0.2, 0.25) is 5.91 Å². The van der Waals surface area contributed by atoms with Gasteiger partial charge in [0.1, 0.15) is 11.9 Å². The molecule has 0 radical (unpaired) electrons. The van der Waals surface area contributed by atoms with Crippen LogP contribution in [-0.4, -0.2) is 45.0 Å². The van der Waals surface area contributed by atoms with Crippen LogP contribution in [0.1, 0.15) is 28.5 Å². The van der Waals surface area contributed by atoms with Gasteiger partial charge in [-0.3, -0.25) is 4.79 Å². The number of aryl methyl sites for hydroxylation is 1. The fraction of sp³-hybridized carbons (Fsp3) is 0.300. The molecule has 0 saturated carbocycles. The van der Waals surface area contributed by atoms with Gasteiger partial charge in [0.25, 0.3) is 10.0 Å². The first-order valence-corrected chi connectivity index (χ1v) is 11.7. The van der Waals surface area contributed by atoms with Crippen LogP contribution in [0.15, 0.2) is 29.2 Å². The van der Waals surface area contributed by atoms with E-state index in [1.165, 1.54) is 18.2 Å². The highest BCUT2D eigenvalue weighted by atomic mass is 35.5. The third-order valence-corrected chi connectivity index (χ3v) is 6.88. The highest BCUT2D eigenvalue weighted by Gasteiger charge is 2.37. The zero-order chi connectivity index (χ0) is 23.6. The molecule has 3 rings (SSSR count). The second-order valence-electron chi connectivity index (χ2n) is 6.97. The summed E-state index contributed by atoms with van der Waals surface area (Å²) in [6, 6.07) is 7.12. The van der Waals surface area contributed by atoms with Crippen molar-refractivity contribution in [1.82, 2.24) is 9.71 Å². The fourth-order valence-electron chi connectivity index (χ4n) is 3.07. The van der Waals surface area contributed by atoms with Gasteiger partial charge in [-0.2, -0.15) is 5.26 Å². The topological polar surface area (TPSA) is 129 Å². The molecule has 0 bridgehead atoms. The number of anilines is 1. The van der Waals surface area contributed by atoms with E-state index in [1.807, 2.05) is 10.8 Å². The number of nitrogens with zero attached hydrogens (tertiary/aromatic N) is 3. The number of nitriles is 1. The summed E-state index contributed by atoms with van der Waals surface area (Å²) in [6.45, 7) is 3.79. The summed E-state index contributed by atoms with van der Waals surface area (Å²) in [4.78, 5) is 30.3.